The van der Waals surface area contributed by atoms with E-state index in [2.05, 4.69) is 0 Å². The van der Waals surface area contributed by atoms with Gasteiger partial charge in [-0.25, -0.2) is 0 Å². The minimum Gasteiger partial charge on any atom is -0.387 e. The maximum absolute atomic E-state index is 13.8. The molecular weight excluding hydrogens is 632 g/mol. The van der Waals surface area contributed by atoms with Gasteiger partial charge in [0.05, 0.1) is 6.10 Å². The Bertz CT molecular complexity index is 1070. The van der Waals surface area contributed by atoms with E-state index < -0.39 is 31.9 Å². The predicted octanol–water partition coefficient (Wildman–Crippen LogP) is 5.42. The molecule has 0 aliphatic rings. The van der Waals surface area contributed by atoms with E-state index in [4.69, 9.17) is 5.11 Å². The molecule has 0 fully saturated rings. The number of benzene rings is 3. The Balaban J connectivity index is 0.000000256. The van der Waals surface area contributed by atoms with Crippen molar-refractivity contribution < 1.29 is 77.3 Å². The molecule has 2 unspecified atom stereocenters. The first-order chi connectivity index (χ1) is 16.2. The van der Waals surface area contributed by atoms with Crippen molar-refractivity contribution in [3.05, 3.63) is 113 Å². The first-order valence-corrected chi connectivity index (χ1v) is 13.0. The van der Waals surface area contributed by atoms with Gasteiger partial charge in [0.2, 0.25) is 0 Å². The summed E-state index contributed by atoms with van der Waals surface area (Å²) < 4.78 is 49.5. The number of halogens is 3. The molecule has 0 saturated heterocycles. The SMILES string of the molecule is O=P(c1ccccc1)(c1ccccc1)c1ccccc1.OC(CC(O)C(F)(F)F)c1cccs1.[Eu]. The van der Waals surface area contributed by atoms with Crippen molar-refractivity contribution in [1.82, 2.24) is 0 Å². The molecule has 0 spiro atoms. The second-order valence-corrected chi connectivity index (χ2v) is 11.2. The number of thiophene rings is 1. The maximum atomic E-state index is 13.8. The van der Waals surface area contributed by atoms with Crippen LogP contribution in [0.2, 0.25) is 0 Å². The fraction of sp³-hybridized carbons (Fsp3) is 0.154. The quantitative estimate of drug-likeness (QED) is 0.273. The molecule has 0 aliphatic heterocycles. The van der Waals surface area contributed by atoms with Crippen LogP contribution in [0.5, 0.6) is 0 Å². The molecule has 1 aromatic heterocycles. The third-order valence-electron chi connectivity index (χ3n) is 5.06. The zero-order valence-electron chi connectivity index (χ0n) is 18.4. The van der Waals surface area contributed by atoms with Crippen molar-refractivity contribution in [3.63, 3.8) is 0 Å². The monoisotopic (exact) mass is 657 g/mol. The zero-order chi connectivity index (χ0) is 24.6. The fourth-order valence-corrected chi connectivity index (χ4v) is 6.70. The Labute approximate surface area is 247 Å². The standard InChI is InChI=1S/C18H15OP.C8H9F3O2S.Eu/c19-20(16-10-4-1-5-11-16,17-12-6-2-7-13-17)18-14-8-3-9-15-18;9-8(10,11)7(13)4-5(12)6-2-1-3-14-6;/h1-15H;1-3,5,7,12-13H,4H2;. The van der Waals surface area contributed by atoms with Gasteiger partial charge in [-0.3, -0.25) is 0 Å². The Kier molecular flexibility index (Phi) is 12.0. The van der Waals surface area contributed by atoms with Gasteiger partial charge in [0.15, 0.2) is 13.2 Å². The van der Waals surface area contributed by atoms with E-state index in [1.165, 1.54) is 6.07 Å². The summed E-state index contributed by atoms with van der Waals surface area (Å²) in [6, 6.07) is 32.3. The molecule has 3 aromatic carbocycles. The Morgan fingerprint density at radius 3 is 1.43 bits per heavy atom. The number of hydrogen-bond donors (Lipinski definition) is 2. The van der Waals surface area contributed by atoms with Gasteiger partial charge < -0.3 is 14.8 Å². The Morgan fingerprint density at radius 1 is 0.714 bits per heavy atom. The molecule has 1 radical (unpaired) electrons. The van der Waals surface area contributed by atoms with Gasteiger partial charge in [-0.1, -0.05) is 97.1 Å². The van der Waals surface area contributed by atoms with Crippen molar-refractivity contribution in [2.75, 3.05) is 0 Å². The summed E-state index contributed by atoms with van der Waals surface area (Å²) in [7, 11) is -2.78. The van der Waals surface area contributed by atoms with Gasteiger partial charge in [0.25, 0.3) is 0 Å². The van der Waals surface area contributed by atoms with E-state index in [-0.39, 0.29) is 49.4 Å². The van der Waals surface area contributed by atoms with Crippen molar-refractivity contribution in [1.29, 1.82) is 0 Å². The second-order valence-electron chi connectivity index (χ2n) is 7.44. The van der Waals surface area contributed by atoms with E-state index in [1.807, 2.05) is 91.0 Å². The minimum atomic E-state index is -4.67. The van der Waals surface area contributed by atoms with Crippen molar-refractivity contribution in [3.8, 4) is 0 Å². The summed E-state index contributed by atoms with van der Waals surface area (Å²) in [6.07, 6.45) is -9.12. The van der Waals surface area contributed by atoms with Crippen LogP contribution < -0.4 is 15.9 Å². The van der Waals surface area contributed by atoms with Crippen LogP contribution >= 0.6 is 18.5 Å². The first kappa shape index (κ1) is 30.1. The average Bonchev–Trinajstić information content (AvgIpc) is 3.40. The predicted molar refractivity (Wildman–Crippen MR) is 132 cm³/mol. The molecule has 2 N–H and O–H groups in total. The fourth-order valence-electron chi connectivity index (χ4n) is 3.30. The molecule has 35 heavy (non-hydrogen) atoms. The Morgan fingerprint density at radius 2 is 1.11 bits per heavy atom. The van der Waals surface area contributed by atoms with Crippen molar-refractivity contribution >= 4 is 34.4 Å². The molecule has 3 nitrogen and oxygen atoms in total. The van der Waals surface area contributed by atoms with Crippen LogP contribution in [0.1, 0.15) is 17.4 Å². The maximum Gasteiger partial charge on any atom is 0.414 e. The van der Waals surface area contributed by atoms with Crippen LogP contribution in [-0.2, 0) is 4.57 Å². The molecule has 0 bridgehead atoms. The molecule has 1 heterocycles. The number of aliphatic hydroxyl groups excluding tert-OH is 2. The van der Waals surface area contributed by atoms with Crippen LogP contribution in [-0.4, -0.2) is 22.5 Å². The number of alkyl halides is 3. The average molecular weight is 656 g/mol. The molecular formula is C26H24EuF3O3PS. The molecule has 9 heteroatoms. The summed E-state index contributed by atoms with van der Waals surface area (Å²) in [5, 5.41) is 22.2. The second kappa shape index (κ2) is 14.0. The van der Waals surface area contributed by atoms with Crippen LogP contribution in [0.4, 0.5) is 13.2 Å². The van der Waals surface area contributed by atoms with E-state index in [9.17, 15) is 22.8 Å². The summed E-state index contributed by atoms with van der Waals surface area (Å²) in [5.41, 5.74) is 0. The summed E-state index contributed by atoms with van der Waals surface area (Å²) >= 11 is 1.16. The third kappa shape index (κ3) is 8.19. The smallest absolute Gasteiger partial charge is 0.387 e. The van der Waals surface area contributed by atoms with Gasteiger partial charge in [-0.2, -0.15) is 13.2 Å². The van der Waals surface area contributed by atoms with Gasteiger partial charge in [-0.05, 0) is 11.4 Å². The zero-order valence-corrected chi connectivity index (χ0v) is 22.6. The molecule has 2 atom stereocenters. The third-order valence-corrected chi connectivity index (χ3v) is 9.10. The summed E-state index contributed by atoms with van der Waals surface area (Å²) in [5.74, 6) is 0. The molecule has 4 aromatic rings. The number of rotatable bonds is 6. The van der Waals surface area contributed by atoms with E-state index >= 15 is 0 Å². The summed E-state index contributed by atoms with van der Waals surface area (Å²) in [6.45, 7) is 0. The minimum absolute atomic E-state index is 0. The number of aliphatic hydroxyl groups is 2. The molecule has 185 valence electrons. The largest absolute Gasteiger partial charge is 0.414 e. The first-order valence-electron chi connectivity index (χ1n) is 10.5. The van der Waals surface area contributed by atoms with E-state index in [1.54, 1.807) is 11.4 Å². The molecule has 4 rings (SSSR count). The van der Waals surface area contributed by atoms with Gasteiger partial charge in [0.1, 0.15) is 0 Å². The van der Waals surface area contributed by atoms with Crippen LogP contribution in [0.15, 0.2) is 109 Å². The van der Waals surface area contributed by atoms with Crippen LogP contribution in [0.3, 0.4) is 0 Å². The molecule has 0 amide bonds. The van der Waals surface area contributed by atoms with Gasteiger partial charge in [0, 0.05) is 76.6 Å². The normalized spacial score (nSPS) is 13.1. The van der Waals surface area contributed by atoms with E-state index in [0.717, 1.165) is 27.3 Å². The van der Waals surface area contributed by atoms with Crippen molar-refractivity contribution in [2.24, 2.45) is 0 Å². The van der Waals surface area contributed by atoms with Crippen LogP contribution in [0.25, 0.3) is 0 Å². The van der Waals surface area contributed by atoms with E-state index in [0.29, 0.717) is 4.88 Å². The van der Waals surface area contributed by atoms with Gasteiger partial charge in [-0.15, -0.1) is 11.3 Å². The van der Waals surface area contributed by atoms with Crippen molar-refractivity contribution in [2.45, 2.75) is 24.8 Å². The summed E-state index contributed by atoms with van der Waals surface area (Å²) in [4.78, 5) is 0.424. The Hall–Kier alpha value is -1.12. The van der Waals surface area contributed by atoms with Crippen LogP contribution in [0, 0.1) is 49.4 Å². The topological polar surface area (TPSA) is 57.5 Å². The molecule has 0 aliphatic carbocycles. The molecule has 0 saturated carbocycles. The number of hydrogen-bond acceptors (Lipinski definition) is 4. The van der Waals surface area contributed by atoms with Gasteiger partial charge >= 0.3 is 6.18 Å².